The summed E-state index contributed by atoms with van der Waals surface area (Å²) in [6, 6.07) is 55.3. The van der Waals surface area contributed by atoms with E-state index < -0.39 is 0 Å². The quantitative estimate of drug-likeness (QED) is 0.161. The van der Waals surface area contributed by atoms with Crippen LogP contribution in [0.3, 0.4) is 0 Å². The molecule has 2 aliphatic rings. The predicted octanol–water partition coefficient (Wildman–Crippen LogP) is 12.9. The molecule has 10 rings (SSSR count). The molecule has 0 N–H and O–H groups in total. The van der Waals surface area contributed by atoms with Gasteiger partial charge in [-0.05, 0) is 105 Å². The Morgan fingerprint density at radius 3 is 1.49 bits per heavy atom. The summed E-state index contributed by atoms with van der Waals surface area (Å²) in [5.74, 6) is 3.56. The molecule has 7 aromatic carbocycles. The fourth-order valence-corrected chi connectivity index (χ4v) is 9.74. The van der Waals surface area contributed by atoms with Crippen molar-refractivity contribution in [3.8, 4) is 62.5 Å². The van der Waals surface area contributed by atoms with E-state index in [-0.39, 0.29) is 5.41 Å². The van der Waals surface area contributed by atoms with Crippen molar-refractivity contribution < 1.29 is 0 Å². The van der Waals surface area contributed by atoms with Crippen molar-refractivity contribution in [1.82, 2.24) is 15.0 Å². The first-order valence-corrected chi connectivity index (χ1v) is 19.5. The van der Waals surface area contributed by atoms with E-state index in [1.54, 1.807) is 0 Å². The summed E-state index contributed by atoms with van der Waals surface area (Å²) in [5, 5.41) is 14.1. The molecular formula is C51H40N4. The van der Waals surface area contributed by atoms with Crippen LogP contribution in [0.5, 0.6) is 0 Å². The predicted molar refractivity (Wildman–Crippen MR) is 224 cm³/mol. The lowest BCUT2D eigenvalue weighted by molar-refractivity contribution is 0.232. The maximum Gasteiger partial charge on any atom is 0.165 e. The molecule has 1 heterocycles. The van der Waals surface area contributed by atoms with Gasteiger partial charge in [-0.1, -0.05) is 147 Å². The van der Waals surface area contributed by atoms with E-state index in [1.165, 1.54) is 48.6 Å². The van der Waals surface area contributed by atoms with Gasteiger partial charge in [0.25, 0.3) is 0 Å². The Morgan fingerprint density at radius 1 is 0.473 bits per heavy atom. The van der Waals surface area contributed by atoms with Gasteiger partial charge in [-0.2, -0.15) is 5.26 Å². The Hall–Kier alpha value is -6.44. The number of benzene rings is 7. The van der Waals surface area contributed by atoms with Gasteiger partial charge in [0.15, 0.2) is 17.5 Å². The van der Waals surface area contributed by atoms with Gasteiger partial charge < -0.3 is 0 Å². The topological polar surface area (TPSA) is 62.5 Å². The van der Waals surface area contributed by atoms with Gasteiger partial charge in [0.2, 0.25) is 0 Å². The summed E-state index contributed by atoms with van der Waals surface area (Å²) >= 11 is 0. The van der Waals surface area contributed by atoms with Crippen molar-refractivity contribution in [1.29, 1.82) is 5.26 Å². The number of hydrogen-bond donors (Lipinski definition) is 0. The summed E-state index contributed by atoms with van der Waals surface area (Å²) in [6.45, 7) is 2.49. The molecule has 1 aromatic heterocycles. The second-order valence-electron chi connectivity index (χ2n) is 15.9. The van der Waals surface area contributed by atoms with E-state index >= 15 is 0 Å². The third-order valence-corrected chi connectivity index (χ3v) is 12.3. The van der Waals surface area contributed by atoms with Gasteiger partial charge >= 0.3 is 0 Å². The summed E-state index contributed by atoms with van der Waals surface area (Å²) in [6.07, 6.45) is 6.89. The summed E-state index contributed by atoms with van der Waals surface area (Å²) in [5.41, 5.74) is 9.62. The van der Waals surface area contributed by atoms with Crippen molar-refractivity contribution in [2.24, 2.45) is 11.8 Å². The van der Waals surface area contributed by atoms with Crippen LogP contribution in [-0.2, 0) is 5.41 Å². The fourth-order valence-electron chi connectivity index (χ4n) is 9.74. The van der Waals surface area contributed by atoms with Crippen molar-refractivity contribution in [2.75, 3.05) is 0 Å². The monoisotopic (exact) mass is 708 g/mol. The Kier molecular flexibility index (Phi) is 8.11. The van der Waals surface area contributed by atoms with Crippen LogP contribution >= 0.6 is 0 Å². The van der Waals surface area contributed by atoms with Crippen LogP contribution in [0.2, 0.25) is 0 Å². The Balaban J connectivity index is 1.11. The van der Waals surface area contributed by atoms with Crippen molar-refractivity contribution in [2.45, 2.75) is 44.4 Å². The second-order valence-corrected chi connectivity index (χ2v) is 15.9. The number of aromatic nitrogens is 3. The van der Waals surface area contributed by atoms with Crippen molar-refractivity contribution >= 4 is 21.5 Å². The smallest absolute Gasteiger partial charge is 0.165 e. The number of hydrogen-bond acceptors (Lipinski definition) is 4. The molecule has 2 fully saturated rings. The molecule has 0 saturated heterocycles. The Labute approximate surface area is 322 Å². The molecule has 4 heteroatoms. The number of rotatable bonds is 6. The molecule has 2 aliphatic carbocycles. The van der Waals surface area contributed by atoms with Crippen molar-refractivity contribution in [3.05, 3.63) is 163 Å². The molecule has 55 heavy (non-hydrogen) atoms. The minimum absolute atomic E-state index is 0.284. The highest BCUT2D eigenvalue weighted by Crippen LogP contribution is 2.52. The van der Waals surface area contributed by atoms with Gasteiger partial charge in [-0.15, -0.1) is 0 Å². The number of fused-ring (bicyclic) bond motifs is 5. The van der Waals surface area contributed by atoms with Crippen molar-refractivity contribution in [3.63, 3.8) is 0 Å². The highest BCUT2D eigenvalue weighted by molar-refractivity contribution is 6.21. The van der Waals surface area contributed by atoms with Crippen LogP contribution in [0.25, 0.3) is 78.0 Å². The summed E-state index contributed by atoms with van der Waals surface area (Å²) in [7, 11) is 0. The number of nitriles is 1. The van der Waals surface area contributed by atoms with Gasteiger partial charge in [0, 0.05) is 22.3 Å². The third-order valence-electron chi connectivity index (χ3n) is 12.3. The molecular weight excluding hydrogens is 669 g/mol. The highest BCUT2D eigenvalue weighted by Gasteiger charge is 2.41. The van der Waals surface area contributed by atoms with E-state index in [9.17, 15) is 5.26 Å². The summed E-state index contributed by atoms with van der Waals surface area (Å²) < 4.78 is 0. The lowest BCUT2D eigenvalue weighted by Gasteiger charge is -2.38. The molecule has 1 unspecified atom stereocenters. The molecule has 2 bridgehead atoms. The first kappa shape index (κ1) is 33.2. The molecule has 0 radical (unpaired) electrons. The van der Waals surface area contributed by atoms with E-state index in [4.69, 9.17) is 15.0 Å². The number of nitrogens with zero attached hydrogens (tertiary/aromatic N) is 4. The first-order chi connectivity index (χ1) is 27.0. The van der Waals surface area contributed by atoms with E-state index in [1.807, 2.05) is 24.3 Å². The molecule has 2 saturated carbocycles. The van der Waals surface area contributed by atoms with Gasteiger partial charge in [0.1, 0.15) is 0 Å². The normalized spacial score (nSPS) is 19.1. The largest absolute Gasteiger partial charge is 0.208 e. The van der Waals surface area contributed by atoms with Gasteiger partial charge in [-0.3, -0.25) is 0 Å². The lowest BCUT2D eigenvalue weighted by Crippen LogP contribution is -2.30. The molecule has 8 aromatic rings. The van der Waals surface area contributed by atoms with E-state index in [0.29, 0.717) is 23.0 Å². The van der Waals surface area contributed by atoms with Gasteiger partial charge in [-0.25, -0.2) is 15.0 Å². The average Bonchev–Trinajstić information content (AvgIpc) is 3.61. The zero-order chi connectivity index (χ0) is 36.9. The molecule has 4 nitrogen and oxygen atoms in total. The Bertz CT molecular complexity index is 2730. The third kappa shape index (κ3) is 5.97. The second kappa shape index (κ2) is 13.4. The SMILES string of the molecule is CC1(c2ccc(-c3ccc(-c4nc(-c5ccc(C#N)cc5)nc(-c5c(-c6ccccc6)c6ccccc6c6ccccc56)n4)cc3)cc2)C[C@@H]2CC[C@@H](C2)C1. The minimum Gasteiger partial charge on any atom is -0.208 e. The highest BCUT2D eigenvalue weighted by atomic mass is 15.0. The van der Waals surface area contributed by atoms with Gasteiger partial charge in [0.05, 0.1) is 11.6 Å². The van der Waals surface area contributed by atoms with Crippen LogP contribution in [0.4, 0.5) is 0 Å². The van der Waals surface area contributed by atoms with Crippen LogP contribution in [0, 0.1) is 23.2 Å². The van der Waals surface area contributed by atoms with Crippen LogP contribution in [0.15, 0.2) is 152 Å². The van der Waals surface area contributed by atoms with E-state index in [2.05, 4.69) is 140 Å². The average molecular weight is 709 g/mol. The zero-order valence-corrected chi connectivity index (χ0v) is 30.9. The standard InChI is InChI=1S/C51H40N4/c1-51(30-34-15-16-35(29-34)31-51)41-27-25-37(26-28-41)36-21-23-40(24-22-36)49-53-48(39-19-17-33(32-52)18-20-39)54-50(55-49)47-45-14-8-6-12-43(45)42-11-5-7-13-44(42)46(47)38-9-3-2-4-10-38/h2-14,17-28,34-35H,15-16,29-31H2,1H3/t34-,35+,51?. The fraction of sp³-hybridized carbons (Fsp3) is 0.176. The zero-order valence-electron chi connectivity index (χ0n) is 30.9. The Morgan fingerprint density at radius 2 is 0.927 bits per heavy atom. The molecule has 3 atom stereocenters. The van der Waals surface area contributed by atoms with Crippen LogP contribution in [0.1, 0.15) is 50.2 Å². The maximum atomic E-state index is 9.53. The lowest BCUT2D eigenvalue weighted by atomic mass is 9.66. The van der Waals surface area contributed by atoms with Crippen LogP contribution in [-0.4, -0.2) is 15.0 Å². The van der Waals surface area contributed by atoms with E-state index in [0.717, 1.165) is 61.4 Å². The molecule has 0 amide bonds. The molecule has 264 valence electrons. The molecule has 0 spiro atoms. The molecule has 0 aliphatic heterocycles. The first-order valence-electron chi connectivity index (χ1n) is 19.5. The minimum atomic E-state index is 0.284. The maximum absolute atomic E-state index is 9.53. The van der Waals surface area contributed by atoms with Crippen LogP contribution < -0.4 is 0 Å². The summed E-state index contributed by atoms with van der Waals surface area (Å²) in [4.78, 5) is 15.6.